The zero-order chi connectivity index (χ0) is 22.8. The first kappa shape index (κ1) is 21.5. The molecular formula is C27H27N3O3. The topological polar surface area (TPSA) is 82.5 Å². The number of rotatable bonds is 6. The molecule has 0 fully saturated rings. The lowest BCUT2D eigenvalue weighted by molar-refractivity contribution is 0.0750. The molecule has 0 radical (unpaired) electrons. The van der Waals surface area contributed by atoms with E-state index >= 15 is 0 Å². The minimum atomic E-state index is -0.589. The van der Waals surface area contributed by atoms with Crippen LogP contribution in [0.2, 0.25) is 0 Å². The van der Waals surface area contributed by atoms with E-state index in [2.05, 4.69) is 22.4 Å². The number of aliphatic hydroxyl groups excluding tert-OH is 1. The first-order valence-corrected chi connectivity index (χ1v) is 11.4. The molecule has 6 heteroatoms. The largest absolute Gasteiger partial charge is 0.391 e. The molecular weight excluding hydrogens is 414 g/mol. The molecule has 0 saturated heterocycles. The summed E-state index contributed by atoms with van der Waals surface area (Å²) in [6.07, 6.45) is 2.58. The first-order valence-electron chi connectivity index (χ1n) is 11.4. The Bertz CT molecular complexity index is 1150. The van der Waals surface area contributed by atoms with Crippen molar-refractivity contribution in [2.24, 2.45) is 0 Å². The third kappa shape index (κ3) is 4.58. The highest BCUT2D eigenvalue weighted by atomic mass is 16.3. The van der Waals surface area contributed by atoms with Gasteiger partial charge in [-0.15, -0.1) is 0 Å². The average Bonchev–Trinajstić information content (AvgIpc) is 3.31. The third-order valence-electron chi connectivity index (χ3n) is 6.67. The second-order valence-electron chi connectivity index (χ2n) is 8.84. The number of nitrogens with one attached hydrogen (secondary N) is 1. The van der Waals surface area contributed by atoms with Crippen molar-refractivity contribution in [1.29, 1.82) is 0 Å². The molecule has 2 atom stereocenters. The molecule has 2 aliphatic heterocycles. The number of carbonyl (C=O) groups is 2. The summed E-state index contributed by atoms with van der Waals surface area (Å²) in [6, 6.07) is 18.9. The van der Waals surface area contributed by atoms with Crippen LogP contribution in [-0.2, 0) is 26.1 Å². The predicted octanol–water partition coefficient (Wildman–Crippen LogP) is 3.28. The Morgan fingerprint density at radius 2 is 1.70 bits per heavy atom. The zero-order valence-electron chi connectivity index (χ0n) is 18.4. The number of aromatic nitrogens is 1. The molecule has 3 heterocycles. The molecule has 0 saturated carbocycles. The fourth-order valence-electron chi connectivity index (χ4n) is 4.70. The van der Waals surface area contributed by atoms with Gasteiger partial charge in [0.1, 0.15) is 0 Å². The molecule has 5 rings (SSSR count). The summed E-state index contributed by atoms with van der Waals surface area (Å²) < 4.78 is 0. The van der Waals surface area contributed by atoms with E-state index in [-0.39, 0.29) is 24.2 Å². The van der Waals surface area contributed by atoms with Crippen LogP contribution in [0.25, 0.3) is 0 Å². The highest BCUT2D eigenvalue weighted by Gasteiger charge is 2.26. The fourth-order valence-corrected chi connectivity index (χ4v) is 4.70. The monoisotopic (exact) mass is 441 g/mol. The van der Waals surface area contributed by atoms with E-state index in [1.807, 2.05) is 24.3 Å². The van der Waals surface area contributed by atoms with Gasteiger partial charge in [0.15, 0.2) is 5.78 Å². The van der Waals surface area contributed by atoms with Crippen molar-refractivity contribution in [3.05, 3.63) is 100 Å². The molecule has 168 valence electrons. The van der Waals surface area contributed by atoms with Gasteiger partial charge in [0, 0.05) is 42.9 Å². The molecule has 0 aliphatic carbocycles. The SMILES string of the molecule is O=C(CC[C@@H](O)[C@@H]1Cc2ccccc2CN1)c1ccc(C(=O)N2Cc3cccnc3C2)cc1. The second-order valence-corrected chi connectivity index (χ2v) is 8.84. The summed E-state index contributed by atoms with van der Waals surface area (Å²) in [6.45, 7) is 1.80. The van der Waals surface area contributed by atoms with Crippen molar-refractivity contribution in [3.63, 3.8) is 0 Å². The average molecular weight is 442 g/mol. The molecule has 0 unspecified atom stereocenters. The van der Waals surface area contributed by atoms with Gasteiger partial charge >= 0.3 is 0 Å². The highest BCUT2D eigenvalue weighted by molar-refractivity contribution is 5.98. The number of hydrogen-bond acceptors (Lipinski definition) is 5. The van der Waals surface area contributed by atoms with Crippen molar-refractivity contribution >= 4 is 11.7 Å². The Morgan fingerprint density at radius 3 is 2.48 bits per heavy atom. The molecule has 1 aromatic heterocycles. The standard InChI is InChI=1S/C27H27N3O3/c31-25(11-12-26(32)23-14-20-4-1-2-5-21(20)15-29-23)18-7-9-19(10-8-18)27(33)30-16-22-6-3-13-28-24(22)17-30/h1-10,13,23,26,29,32H,11-12,14-17H2/t23-,26+/m0/s1. The van der Waals surface area contributed by atoms with Gasteiger partial charge in [-0.2, -0.15) is 0 Å². The van der Waals surface area contributed by atoms with Gasteiger partial charge in [-0.3, -0.25) is 14.6 Å². The van der Waals surface area contributed by atoms with Crippen LogP contribution in [0, 0.1) is 0 Å². The zero-order valence-corrected chi connectivity index (χ0v) is 18.4. The molecule has 2 aliphatic rings. The van der Waals surface area contributed by atoms with Gasteiger partial charge < -0.3 is 15.3 Å². The number of Topliss-reactive ketones (excluding diaryl/α,β-unsaturated/α-hetero) is 1. The molecule has 33 heavy (non-hydrogen) atoms. The van der Waals surface area contributed by atoms with E-state index < -0.39 is 6.10 Å². The van der Waals surface area contributed by atoms with Crippen LogP contribution in [0.5, 0.6) is 0 Å². The van der Waals surface area contributed by atoms with Crippen LogP contribution in [-0.4, -0.2) is 38.8 Å². The van der Waals surface area contributed by atoms with E-state index in [1.165, 1.54) is 11.1 Å². The van der Waals surface area contributed by atoms with Gasteiger partial charge in [0.05, 0.1) is 18.3 Å². The molecule has 1 amide bonds. The van der Waals surface area contributed by atoms with E-state index in [1.54, 1.807) is 35.4 Å². The third-order valence-corrected chi connectivity index (χ3v) is 6.67. The second kappa shape index (κ2) is 9.25. The Kier molecular flexibility index (Phi) is 6.03. The number of ketones is 1. The first-order chi connectivity index (χ1) is 16.1. The van der Waals surface area contributed by atoms with Crippen molar-refractivity contribution in [2.45, 2.75) is 51.0 Å². The summed E-state index contributed by atoms with van der Waals surface area (Å²) in [5.74, 6) is -0.0897. The molecule has 0 spiro atoms. The quantitative estimate of drug-likeness (QED) is 0.574. The van der Waals surface area contributed by atoms with Crippen LogP contribution in [0.15, 0.2) is 66.9 Å². The lowest BCUT2D eigenvalue weighted by atomic mass is 9.90. The minimum absolute atomic E-state index is 0.0259. The van der Waals surface area contributed by atoms with E-state index in [9.17, 15) is 14.7 Å². The molecule has 0 bridgehead atoms. The van der Waals surface area contributed by atoms with Gasteiger partial charge in [-0.25, -0.2) is 0 Å². The van der Waals surface area contributed by atoms with Crippen molar-refractivity contribution in [2.75, 3.05) is 0 Å². The van der Waals surface area contributed by atoms with Crippen LogP contribution in [0.4, 0.5) is 0 Å². The number of fused-ring (bicyclic) bond motifs is 2. The van der Waals surface area contributed by atoms with Crippen LogP contribution in [0.3, 0.4) is 0 Å². The Balaban J connectivity index is 1.15. The van der Waals surface area contributed by atoms with Gasteiger partial charge in [-0.05, 0) is 47.7 Å². The van der Waals surface area contributed by atoms with Crippen LogP contribution in [0.1, 0.15) is 55.9 Å². The maximum Gasteiger partial charge on any atom is 0.254 e. The summed E-state index contributed by atoms with van der Waals surface area (Å²) in [5, 5.41) is 14.0. The lowest BCUT2D eigenvalue weighted by Gasteiger charge is -2.29. The lowest BCUT2D eigenvalue weighted by Crippen LogP contribution is -2.44. The van der Waals surface area contributed by atoms with E-state index in [0.717, 1.165) is 24.2 Å². The maximum absolute atomic E-state index is 12.8. The van der Waals surface area contributed by atoms with Gasteiger partial charge in [0.2, 0.25) is 0 Å². The smallest absolute Gasteiger partial charge is 0.254 e. The highest BCUT2D eigenvalue weighted by Crippen LogP contribution is 2.23. The Labute approximate surface area is 193 Å². The molecule has 6 nitrogen and oxygen atoms in total. The maximum atomic E-state index is 12.8. The number of hydrogen-bond donors (Lipinski definition) is 2. The van der Waals surface area contributed by atoms with Crippen LogP contribution < -0.4 is 5.32 Å². The summed E-state index contributed by atoms with van der Waals surface area (Å²) in [5.41, 5.74) is 5.65. The fraction of sp³-hybridized carbons (Fsp3) is 0.296. The molecule has 2 aromatic carbocycles. The van der Waals surface area contributed by atoms with Crippen molar-refractivity contribution in [3.8, 4) is 0 Å². The van der Waals surface area contributed by atoms with Crippen molar-refractivity contribution in [1.82, 2.24) is 15.2 Å². The number of nitrogens with zero attached hydrogens (tertiary/aromatic N) is 2. The Hall–Kier alpha value is -3.35. The molecule has 3 aromatic rings. The minimum Gasteiger partial charge on any atom is -0.391 e. The summed E-state index contributed by atoms with van der Waals surface area (Å²) >= 11 is 0. The van der Waals surface area contributed by atoms with Gasteiger partial charge in [0.25, 0.3) is 5.91 Å². The Morgan fingerprint density at radius 1 is 0.970 bits per heavy atom. The number of pyridine rings is 1. The van der Waals surface area contributed by atoms with E-state index in [4.69, 9.17) is 0 Å². The van der Waals surface area contributed by atoms with Gasteiger partial charge in [-0.1, -0.05) is 42.5 Å². The predicted molar refractivity (Wildman–Crippen MR) is 125 cm³/mol. The normalized spacial score (nSPS) is 17.8. The van der Waals surface area contributed by atoms with E-state index in [0.29, 0.717) is 30.6 Å². The molecule has 2 N–H and O–H groups in total. The number of amides is 1. The number of benzene rings is 2. The number of carbonyl (C=O) groups excluding carboxylic acids is 2. The summed E-state index contributed by atoms with van der Waals surface area (Å²) in [7, 11) is 0. The van der Waals surface area contributed by atoms with Crippen molar-refractivity contribution < 1.29 is 14.7 Å². The number of aliphatic hydroxyl groups is 1. The van der Waals surface area contributed by atoms with Crippen LogP contribution >= 0.6 is 0 Å². The summed E-state index contributed by atoms with van der Waals surface area (Å²) in [4.78, 5) is 31.6.